The highest BCUT2D eigenvalue weighted by atomic mass is 35.5. The Kier molecular flexibility index (Phi) is 7.12. The third kappa shape index (κ3) is 5.58. The van der Waals surface area contributed by atoms with Crippen molar-refractivity contribution >= 4 is 33.8 Å². The molecule has 31 heavy (non-hydrogen) atoms. The molecule has 0 unspecified atom stereocenters. The van der Waals surface area contributed by atoms with E-state index in [-0.39, 0.29) is 0 Å². The van der Waals surface area contributed by atoms with Gasteiger partial charge in [0.2, 0.25) is 0 Å². The van der Waals surface area contributed by atoms with Crippen molar-refractivity contribution in [3.05, 3.63) is 71.5 Å². The van der Waals surface area contributed by atoms with Crippen molar-refractivity contribution in [1.82, 2.24) is 14.0 Å². The molecule has 1 fully saturated rings. The van der Waals surface area contributed by atoms with Gasteiger partial charge >= 0.3 is 0 Å². The van der Waals surface area contributed by atoms with Gasteiger partial charge in [0.05, 0.1) is 23.5 Å². The van der Waals surface area contributed by atoms with Crippen LogP contribution in [0.4, 0.5) is 10.7 Å². The van der Waals surface area contributed by atoms with Crippen molar-refractivity contribution in [2.24, 2.45) is 0 Å². The fourth-order valence-corrected chi connectivity index (χ4v) is 4.91. The van der Waals surface area contributed by atoms with E-state index in [1.807, 2.05) is 49.6 Å². The summed E-state index contributed by atoms with van der Waals surface area (Å²) in [5, 5.41) is 6.59. The molecule has 4 rings (SSSR count). The molecular weight excluding hydrogens is 428 g/mol. The van der Waals surface area contributed by atoms with E-state index in [1.54, 1.807) is 22.5 Å². The van der Waals surface area contributed by atoms with Crippen LogP contribution >= 0.6 is 23.1 Å². The maximum atomic E-state index is 6.79. The molecule has 1 saturated heterocycles. The van der Waals surface area contributed by atoms with Crippen molar-refractivity contribution < 1.29 is 4.74 Å². The van der Waals surface area contributed by atoms with Crippen molar-refractivity contribution in [3.8, 4) is 17.0 Å². The first kappa shape index (κ1) is 21.7. The van der Waals surface area contributed by atoms with E-state index < -0.39 is 0 Å². The van der Waals surface area contributed by atoms with E-state index in [0.29, 0.717) is 0 Å². The van der Waals surface area contributed by atoms with E-state index in [2.05, 4.69) is 32.7 Å². The normalized spacial score (nSPS) is 13.8. The molecule has 1 aliphatic heterocycles. The number of aryl methyl sites for hydroxylation is 1. The Morgan fingerprint density at radius 3 is 2.68 bits per heavy atom. The highest BCUT2D eigenvalue weighted by Crippen LogP contribution is 2.32. The zero-order chi connectivity index (χ0) is 21.6. The lowest BCUT2D eigenvalue weighted by molar-refractivity contribution is 0.331. The molecule has 0 saturated carbocycles. The Bertz CT molecular complexity index is 1070. The minimum Gasteiger partial charge on any atom is -0.497 e. The topological polar surface area (TPSA) is 42.3 Å². The number of anilines is 2. The third-order valence-electron chi connectivity index (χ3n) is 5.34. The number of nitrogens with one attached hydrogen (secondary N) is 1. The first-order valence-corrected chi connectivity index (χ1v) is 11.6. The SMILES string of the molecule is COc1ccc(Nc2cc(-c3c(C)ncccc(CN4CCCC4)cn3Cl)cs2)cc1. The van der Waals surface area contributed by atoms with Gasteiger partial charge in [-0.05, 0) is 74.8 Å². The number of benzene rings is 1. The van der Waals surface area contributed by atoms with E-state index in [1.165, 1.54) is 18.4 Å². The molecule has 3 heterocycles. The summed E-state index contributed by atoms with van der Waals surface area (Å²) in [6.07, 6.45) is 6.39. The predicted octanol–water partition coefficient (Wildman–Crippen LogP) is 6.39. The second-order valence-electron chi connectivity index (χ2n) is 7.62. The molecule has 2 aromatic heterocycles. The quantitative estimate of drug-likeness (QED) is 0.468. The minimum atomic E-state index is 0.838. The predicted molar refractivity (Wildman–Crippen MR) is 130 cm³/mol. The number of nitrogens with zero attached hydrogens (tertiary/aromatic N) is 3. The van der Waals surface area contributed by atoms with Gasteiger partial charge in [-0.1, -0.05) is 6.07 Å². The standard InChI is InChI=1S/C24H27ClN4OS/c1-18-24(20-14-23(31-17-20)27-21-7-9-22(30-2)10-8-21)29(25)16-19(6-5-11-26-18)15-28-12-3-4-13-28/h5-11,14,16-17,27H,3-4,12-13,15H2,1-2H3. The van der Waals surface area contributed by atoms with Crippen LogP contribution in [-0.4, -0.2) is 34.2 Å². The van der Waals surface area contributed by atoms with E-state index in [9.17, 15) is 0 Å². The minimum absolute atomic E-state index is 0.838. The molecule has 0 radical (unpaired) electrons. The Labute approximate surface area is 192 Å². The highest BCUT2D eigenvalue weighted by Gasteiger charge is 2.13. The molecule has 3 aromatic rings. The van der Waals surface area contributed by atoms with Crippen LogP contribution in [0, 0.1) is 6.92 Å². The first-order valence-electron chi connectivity index (χ1n) is 10.4. The maximum Gasteiger partial charge on any atom is 0.119 e. The number of methoxy groups -OCH3 is 1. The number of thiophene rings is 1. The average Bonchev–Trinajstić information content (AvgIpc) is 3.44. The summed E-state index contributed by atoms with van der Waals surface area (Å²) >= 11 is 8.43. The van der Waals surface area contributed by atoms with Gasteiger partial charge in [-0.2, -0.15) is 0 Å². The summed E-state index contributed by atoms with van der Waals surface area (Å²) in [5.74, 6) is 0.838. The molecule has 1 aromatic carbocycles. The number of aromatic nitrogens is 2. The second-order valence-corrected chi connectivity index (χ2v) is 8.90. The largest absolute Gasteiger partial charge is 0.497 e. The van der Waals surface area contributed by atoms with Crippen LogP contribution in [0.15, 0.2) is 60.2 Å². The van der Waals surface area contributed by atoms with E-state index in [0.717, 1.165) is 53.0 Å². The summed E-state index contributed by atoms with van der Waals surface area (Å²) in [5.41, 5.74) is 4.96. The van der Waals surface area contributed by atoms with Crippen molar-refractivity contribution in [3.63, 3.8) is 0 Å². The molecule has 5 nitrogen and oxygen atoms in total. The first-order chi connectivity index (χ1) is 15.1. The Balaban J connectivity index is 1.63. The van der Waals surface area contributed by atoms with Crippen molar-refractivity contribution in [1.29, 1.82) is 0 Å². The molecule has 0 atom stereocenters. The third-order valence-corrected chi connectivity index (χ3v) is 6.45. The molecule has 7 heteroatoms. The number of hydrogen-bond donors (Lipinski definition) is 1. The molecule has 0 aliphatic carbocycles. The monoisotopic (exact) mass is 454 g/mol. The Morgan fingerprint density at radius 1 is 1.16 bits per heavy atom. The average molecular weight is 455 g/mol. The summed E-state index contributed by atoms with van der Waals surface area (Å²) in [6.45, 7) is 5.18. The lowest BCUT2D eigenvalue weighted by Gasteiger charge is -2.14. The van der Waals surface area contributed by atoms with Gasteiger partial charge < -0.3 is 10.1 Å². The Morgan fingerprint density at radius 2 is 1.94 bits per heavy atom. The van der Waals surface area contributed by atoms with Gasteiger partial charge in [0.25, 0.3) is 0 Å². The van der Waals surface area contributed by atoms with Crippen LogP contribution in [-0.2, 0) is 6.54 Å². The molecule has 1 N–H and O–H groups in total. The summed E-state index contributed by atoms with van der Waals surface area (Å²) < 4.78 is 6.92. The van der Waals surface area contributed by atoms with Crippen LogP contribution in [0.3, 0.4) is 0 Å². The number of ether oxygens (including phenoxy) is 1. The van der Waals surface area contributed by atoms with Gasteiger partial charge in [-0.15, -0.1) is 11.3 Å². The summed E-state index contributed by atoms with van der Waals surface area (Å²) in [4.78, 5) is 7.06. The molecule has 0 bridgehead atoms. The number of halogens is 1. The molecule has 1 aliphatic rings. The van der Waals surface area contributed by atoms with Gasteiger partial charge in [-0.25, -0.2) is 0 Å². The van der Waals surface area contributed by atoms with Gasteiger partial charge in [0.1, 0.15) is 5.75 Å². The fraction of sp³-hybridized carbons (Fsp3) is 0.292. The summed E-state index contributed by atoms with van der Waals surface area (Å²) in [6, 6.07) is 14.1. The lowest BCUT2D eigenvalue weighted by atomic mass is 10.2. The van der Waals surface area contributed by atoms with E-state index >= 15 is 0 Å². The fourth-order valence-electron chi connectivity index (χ4n) is 3.76. The van der Waals surface area contributed by atoms with Crippen molar-refractivity contribution in [2.75, 3.05) is 25.5 Å². The molecule has 162 valence electrons. The van der Waals surface area contributed by atoms with Crippen LogP contribution in [0.1, 0.15) is 24.1 Å². The van der Waals surface area contributed by atoms with Crippen LogP contribution in [0.2, 0.25) is 0 Å². The number of likely N-dealkylation sites (tertiary alicyclic amines) is 1. The van der Waals surface area contributed by atoms with Crippen LogP contribution in [0.25, 0.3) is 11.3 Å². The zero-order valence-electron chi connectivity index (χ0n) is 17.8. The van der Waals surface area contributed by atoms with Crippen LogP contribution < -0.4 is 10.1 Å². The zero-order valence-corrected chi connectivity index (χ0v) is 19.4. The Hall–Kier alpha value is -2.54. The highest BCUT2D eigenvalue weighted by molar-refractivity contribution is 7.14. The molecular formula is C24H27ClN4OS. The number of rotatable bonds is 6. The van der Waals surface area contributed by atoms with Gasteiger partial charge in [0, 0.05) is 47.3 Å². The smallest absolute Gasteiger partial charge is 0.119 e. The second kappa shape index (κ2) is 10.2. The van der Waals surface area contributed by atoms with Crippen LogP contribution in [0.5, 0.6) is 5.75 Å². The molecule has 0 amide bonds. The lowest BCUT2D eigenvalue weighted by Crippen LogP contribution is -2.18. The number of hydrogen-bond acceptors (Lipinski definition) is 5. The van der Waals surface area contributed by atoms with Gasteiger partial charge in [0.15, 0.2) is 0 Å². The van der Waals surface area contributed by atoms with Crippen molar-refractivity contribution in [2.45, 2.75) is 26.3 Å². The maximum absolute atomic E-state index is 6.79. The summed E-state index contributed by atoms with van der Waals surface area (Å²) in [7, 11) is 1.67. The van der Waals surface area contributed by atoms with E-state index in [4.69, 9.17) is 16.5 Å². The molecule has 0 spiro atoms. The van der Waals surface area contributed by atoms with Gasteiger partial charge in [-0.3, -0.25) is 14.0 Å².